The molecule has 0 spiro atoms. The molecule has 6 heteroatoms. The van der Waals surface area contributed by atoms with Crippen molar-refractivity contribution >= 4 is 5.97 Å². The maximum absolute atomic E-state index is 11.6. The molecule has 0 heterocycles. The molecule has 18 heavy (non-hydrogen) atoms. The number of carbonyl (C=O) groups excluding carboxylic acids is 1. The average Bonchev–Trinajstić information content (AvgIpc) is 2.32. The van der Waals surface area contributed by atoms with Gasteiger partial charge in [-0.3, -0.25) is 9.53 Å². The van der Waals surface area contributed by atoms with E-state index in [4.69, 9.17) is 4.74 Å². The highest BCUT2D eigenvalue weighted by molar-refractivity contribution is 5.69. The topological polar surface area (TPSA) is 35.5 Å². The van der Waals surface area contributed by atoms with Gasteiger partial charge in [-0.05, 0) is 12.0 Å². The number of hydrogen-bond acceptors (Lipinski definition) is 3. The first kappa shape index (κ1) is 14.5. The summed E-state index contributed by atoms with van der Waals surface area (Å²) in [5.74, 6) is -0.537. The van der Waals surface area contributed by atoms with Crippen LogP contribution < -0.4 is 0 Å². The highest BCUT2D eigenvalue weighted by Crippen LogP contribution is 2.16. The largest absolute Gasteiger partial charge is 0.522 e. The molecule has 0 saturated carbocycles. The van der Waals surface area contributed by atoms with Crippen molar-refractivity contribution in [1.29, 1.82) is 0 Å². The molecule has 1 rings (SSSR count). The monoisotopic (exact) mass is 262 g/mol. The second-order valence-electron chi connectivity index (χ2n) is 3.54. The van der Waals surface area contributed by atoms with Crippen LogP contribution in [-0.4, -0.2) is 18.9 Å². The highest BCUT2D eigenvalue weighted by Gasteiger charge is 2.28. The van der Waals surface area contributed by atoms with E-state index in [0.29, 0.717) is 0 Å². The summed E-state index contributed by atoms with van der Waals surface area (Å²) < 4.78 is 43.3. The molecule has 1 aromatic rings. The molecule has 0 aliphatic rings. The number of rotatable bonds is 6. The lowest BCUT2D eigenvalue weighted by Crippen LogP contribution is -2.15. The Hall–Kier alpha value is -1.56. The van der Waals surface area contributed by atoms with Gasteiger partial charge in [0, 0.05) is 6.42 Å². The summed E-state index contributed by atoms with van der Waals surface area (Å²) in [5.41, 5.74) is 0.831. The summed E-state index contributed by atoms with van der Waals surface area (Å²) in [6.07, 6.45) is -4.76. The molecule has 0 aliphatic carbocycles. The van der Waals surface area contributed by atoms with Crippen LogP contribution in [0.15, 0.2) is 30.3 Å². The first-order valence-corrected chi connectivity index (χ1v) is 5.37. The summed E-state index contributed by atoms with van der Waals surface area (Å²) in [6.45, 7) is -0.413. The molecule has 1 aromatic carbocycles. The molecule has 0 aromatic heterocycles. The summed E-state index contributed by atoms with van der Waals surface area (Å²) in [7, 11) is 0. The zero-order chi connectivity index (χ0) is 13.4. The van der Waals surface area contributed by atoms with E-state index in [1.165, 1.54) is 0 Å². The number of halogens is 3. The van der Waals surface area contributed by atoms with E-state index in [9.17, 15) is 18.0 Å². The molecule has 0 fully saturated rings. The minimum absolute atomic E-state index is 0.0207. The van der Waals surface area contributed by atoms with Crippen molar-refractivity contribution in [1.82, 2.24) is 0 Å². The van der Waals surface area contributed by atoms with Gasteiger partial charge in [-0.2, -0.15) is 0 Å². The van der Waals surface area contributed by atoms with Gasteiger partial charge in [-0.15, -0.1) is 13.2 Å². The molecular formula is C12H13F3O3. The van der Waals surface area contributed by atoms with E-state index in [0.717, 1.165) is 5.56 Å². The Morgan fingerprint density at radius 2 is 1.83 bits per heavy atom. The van der Waals surface area contributed by atoms with Gasteiger partial charge in [-0.25, -0.2) is 0 Å². The SMILES string of the molecule is O=C(CCCOC(F)(F)F)OCc1ccccc1. The zero-order valence-electron chi connectivity index (χ0n) is 9.57. The van der Waals surface area contributed by atoms with Gasteiger partial charge in [0.25, 0.3) is 0 Å². The zero-order valence-corrected chi connectivity index (χ0v) is 9.57. The van der Waals surface area contributed by atoms with E-state index in [1.807, 2.05) is 6.07 Å². The van der Waals surface area contributed by atoms with Crippen LogP contribution in [0.4, 0.5) is 13.2 Å². The standard InChI is InChI=1S/C12H13F3O3/c13-12(14,15)18-8-4-7-11(16)17-9-10-5-2-1-3-6-10/h1-3,5-6H,4,7-9H2. The quantitative estimate of drug-likeness (QED) is 0.584. The molecule has 0 N–H and O–H groups in total. The number of alkyl halides is 3. The number of esters is 1. The fourth-order valence-electron chi connectivity index (χ4n) is 1.21. The van der Waals surface area contributed by atoms with Crippen molar-refractivity contribution < 1.29 is 27.4 Å². The minimum Gasteiger partial charge on any atom is -0.461 e. The Kier molecular flexibility index (Phi) is 5.64. The Bertz CT molecular complexity index is 363. The third-order valence-corrected chi connectivity index (χ3v) is 2.03. The van der Waals surface area contributed by atoms with Gasteiger partial charge in [0.05, 0.1) is 6.61 Å². The highest BCUT2D eigenvalue weighted by atomic mass is 19.4. The molecule has 0 aliphatic heterocycles. The maximum atomic E-state index is 11.6. The number of benzene rings is 1. The predicted octanol–water partition coefficient (Wildman–Crippen LogP) is 3.05. The summed E-state index contributed by atoms with van der Waals surface area (Å²) in [4.78, 5) is 11.2. The van der Waals surface area contributed by atoms with Crippen LogP contribution in [0, 0.1) is 0 Å². The third-order valence-electron chi connectivity index (χ3n) is 2.03. The van der Waals surface area contributed by atoms with Gasteiger partial charge in [0.1, 0.15) is 6.61 Å². The van der Waals surface area contributed by atoms with Gasteiger partial charge in [0.2, 0.25) is 0 Å². The molecular weight excluding hydrogens is 249 g/mol. The van der Waals surface area contributed by atoms with E-state index < -0.39 is 18.9 Å². The molecule has 0 bridgehead atoms. The van der Waals surface area contributed by atoms with Gasteiger partial charge >= 0.3 is 12.3 Å². The molecule has 0 radical (unpaired) electrons. The Labute approximate surface area is 103 Å². The summed E-state index contributed by atoms with van der Waals surface area (Å²) in [6, 6.07) is 9.03. The molecule has 0 unspecified atom stereocenters. The first-order valence-electron chi connectivity index (χ1n) is 5.37. The molecule has 0 amide bonds. The number of hydrogen-bond donors (Lipinski definition) is 0. The molecule has 100 valence electrons. The van der Waals surface area contributed by atoms with E-state index in [2.05, 4.69) is 4.74 Å². The maximum Gasteiger partial charge on any atom is 0.522 e. The predicted molar refractivity (Wildman–Crippen MR) is 57.5 cm³/mol. The second-order valence-corrected chi connectivity index (χ2v) is 3.54. The normalized spacial score (nSPS) is 11.3. The van der Waals surface area contributed by atoms with Crippen LogP contribution in [0.2, 0.25) is 0 Å². The van der Waals surface area contributed by atoms with Crippen molar-refractivity contribution in [2.75, 3.05) is 6.61 Å². The molecule has 0 saturated heterocycles. The average molecular weight is 262 g/mol. The van der Waals surface area contributed by atoms with Crippen molar-refractivity contribution in [3.05, 3.63) is 35.9 Å². The first-order chi connectivity index (χ1) is 8.47. The Balaban J connectivity index is 2.11. The van der Waals surface area contributed by atoms with Crippen molar-refractivity contribution in [2.24, 2.45) is 0 Å². The van der Waals surface area contributed by atoms with Crippen molar-refractivity contribution in [3.63, 3.8) is 0 Å². The fourth-order valence-corrected chi connectivity index (χ4v) is 1.21. The van der Waals surface area contributed by atoms with E-state index in [1.54, 1.807) is 24.3 Å². The lowest BCUT2D eigenvalue weighted by Gasteiger charge is -2.07. The van der Waals surface area contributed by atoms with Gasteiger partial charge in [0.15, 0.2) is 0 Å². The van der Waals surface area contributed by atoms with Crippen LogP contribution in [0.1, 0.15) is 18.4 Å². The van der Waals surface area contributed by atoms with Gasteiger partial charge < -0.3 is 4.74 Å². The second kappa shape index (κ2) is 7.00. The number of carbonyl (C=O) groups is 1. The van der Waals surface area contributed by atoms with E-state index >= 15 is 0 Å². The lowest BCUT2D eigenvalue weighted by atomic mass is 10.2. The summed E-state index contributed by atoms with van der Waals surface area (Å²) in [5, 5.41) is 0. The van der Waals surface area contributed by atoms with Crippen LogP contribution in [0.25, 0.3) is 0 Å². The molecule has 0 atom stereocenters. The van der Waals surface area contributed by atoms with Crippen LogP contribution >= 0.6 is 0 Å². The number of ether oxygens (including phenoxy) is 2. The van der Waals surface area contributed by atoms with Crippen LogP contribution in [-0.2, 0) is 20.9 Å². The third kappa shape index (κ3) is 6.90. The van der Waals surface area contributed by atoms with Crippen LogP contribution in [0.5, 0.6) is 0 Å². The van der Waals surface area contributed by atoms with Gasteiger partial charge in [-0.1, -0.05) is 30.3 Å². The van der Waals surface area contributed by atoms with Crippen molar-refractivity contribution in [2.45, 2.75) is 25.8 Å². The smallest absolute Gasteiger partial charge is 0.461 e. The van der Waals surface area contributed by atoms with Crippen LogP contribution in [0.3, 0.4) is 0 Å². The Morgan fingerprint density at radius 1 is 1.17 bits per heavy atom. The van der Waals surface area contributed by atoms with Crippen molar-refractivity contribution in [3.8, 4) is 0 Å². The molecule has 3 nitrogen and oxygen atoms in total. The minimum atomic E-state index is -4.64. The fraction of sp³-hybridized carbons (Fsp3) is 0.417. The lowest BCUT2D eigenvalue weighted by molar-refractivity contribution is -0.324. The Morgan fingerprint density at radius 3 is 2.44 bits per heavy atom. The van der Waals surface area contributed by atoms with E-state index in [-0.39, 0.29) is 19.4 Å². The summed E-state index contributed by atoms with van der Waals surface area (Å²) >= 11 is 0.